The lowest BCUT2D eigenvalue weighted by Crippen LogP contribution is -2.12. The lowest BCUT2D eigenvalue weighted by molar-refractivity contribution is 1.02. The van der Waals surface area contributed by atoms with Gasteiger partial charge in [-0.1, -0.05) is 0 Å². The van der Waals surface area contributed by atoms with Crippen LogP contribution >= 0.6 is 11.7 Å². The Bertz CT molecular complexity index is 150. The molecule has 4 nitrogen and oxygen atoms in total. The molecule has 0 amide bonds. The first-order valence-corrected chi connectivity index (χ1v) is 3.38. The van der Waals surface area contributed by atoms with Crippen LogP contribution in [-0.2, 0) is 0 Å². The van der Waals surface area contributed by atoms with Gasteiger partial charge in [0, 0.05) is 13.1 Å². The molecule has 0 atom stereocenters. The monoisotopic (exact) mass is 144 g/mol. The number of rotatable bonds is 3. The summed E-state index contributed by atoms with van der Waals surface area (Å²) >= 11 is 1.19. The Morgan fingerprint density at radius 1 is 1.78 bits per heavy atom. The van der Waals surface area contributed by atoms with Gasteiger partial charge in [0.05, 0.1) is 17.9 Å². The van der Waals surface area contributed by atoms with Gasteiger partial charge in [-0.25, -0.2) is 0 Å². The Kier molecular flexibility index (Phi) is 2.41. The quantitative estimate of drug-likeness (QED) is 0.622. The minimum Gasteiger partial charge on any atom is -0.367 e. The average Bonchev–Trinajstić information content (AvgIpc) is 2.34. The third kappa shape index (κ3) is 1.95. The van der Waals surface area contributed by atoms with E-state index in [1.807, 2.05) is 0 Å². The van der Waals surface area contributed by atoms with Crippen LogP contribution in [-0.4, -0.2) is 21.8 Å². The zero-order valence-corrected chi connectivity index (χ0v) is 5.69. The molecule has 5 heteroatoms. The fourth-order valence-corrected chi connectivity index (χ4v) is 0.837. The highest BCUT2D eigenvalue weighted by Crippen LogP contribution is 1.99. The molecule has 0 aromatic carbocycles. The van der Waals surface area contributed by atoms with Crippen molar-refractivity contribution >= 4 is 17.5 Å². The van der Waals surface area contributed by atoms with Crippen molar-refractivity contribution in [1.82, 2.24) is 8.75 Å². The first-order valence-electron chi connectivity index (χ1n) is 2.65. The Hall–Kier alpha value is -0.680. The van der Waals surface area contributed by atoms with Gasteiger partial charge in [0.1, 0.15) is 0 Å². The number of hydrogen-bond donors (Lipinski definition) is 2. The second-order valence-corrected chi connectivity index (χ2v) is 2.06. The standard InChI is InChI=1S/C4H8N4S/c5-1-2-6-4-3-7-9-8-4/h3H,1-2,5H2,(H,6,8). The largest absolute Gasteiger partial charge is 0.367 e. The third-order valence-corrected chi connectivity index (χ3v) is 1.29. The molecule has 0 spiro atoms. The highest BCUT2D eigenvalue weighted by atomic mass is 32.1. The molecule has 0 aliphatic heterocycles. The van der Waals surface area contributed by atoms with Crippen molar-refractivity contribution in [3.63, 3.8) is 0 Å². The van der Waals surface area contributed by atoms with Gasteiger partial charge in [0.25, 0.3) is 0 Å². The number of nitrogens with two attached hydrogens (primary N) is 1. The van der Waals surface area contributed by atoms with E-state index in [1.54, 1.807) is 6.20 Å². The fourth-order valence-electron chi connectivity index (χ4n) is 0.443. The SMILES string of the molecule is NCCNc1cnsn1. The number of nitrogens with zero attached hydrogens (tertiary/aromatic N) is 2. The van der Waals surface area contributed by atoms with Crippen LogP contribution in [0, 0.1) is 0 Å². The maximum Gasteiger partial charge on any atom is 0.160 e. The first-order chi connectivity index (χ1) is 4.43. The number of anilines is 1. The van der Waals surface area contributed by atoms with Crippen LogP contribution in [0.4, 0.5) is 5.82 Å². The summed E-state index contributed by atoms with van der Waals surface area (Å²) in [5, 5.41) is 2.99. The predicted molar refractivity (Wildman–Crippen MR) is 37.5 cm³/mol. The molecule has 9 heavy (non-hydrogen) atoms. The van der Waals surface area contributed by atoms with Gasteiger partial charge >= 0.3 is 0 Å². The van der Waals surface area contributed by atoms with E-state index >= 15 is 0 Å². The normalized spacial score (nSPS) is 9.44. The van der Waals surface area contributed by atoms with Crippen molar-refractivity contribution < 1.29 is 0 Å². The van der Waals surface area contributed by atoms with Gasteiger partial charge in [-0.15, -0.1) is 0 Å². The molecule has 0 fully saturated rings. The molecule has 0 saturated heterocycles. The topological polar surface area (TPSA) is 63.8 Å². The van der Waals surface area contributed by atoms with Gasteiger partial charge in [-0.3, -0.25) is 0 Å². The van der Waals surface area contributed by atoms with Gasteiger partial charge in [-0.2, -0.15) is 8.75 Å². The van der Waals surface area contributed by atoms with Crippen molar-refractivity contribution in [3.05, 3.63) is 6.20 Å². The van der Waals surface area contributed by atoms with E-state index in [0.717, 1.165) is 12.4 Å². The number of hydrogen-bond acceptors (Lipinski definition) is 5. The Morgan fingerprint density at radius 3 is 3.22 bits per heavy atom. The highest BCUT2D eigenvalue weighted by Gasteiger charge is 1.89. The maximum absolute atomic E-state index is 5.24. The molecule has 50 valence electrons. The summed E-state index contributed by atoms with van der Waals surface area (Å²) in [6, 6.07) is 0. The van der Waals surface area contributed by atoms with E-state index in [4.69, 9.17) is 5.73 Å². The van der Waals surface area contributed by atoms with Gasteiger partial charge in [0.2, 0.25) is 0 Å². The molecular weight excluding hydrogens is 136 g/mol. The van der Waals surface area contributed by atoms with E-state index in [9.17, 15) is 0 Å². The molecule has 0 bridgehead atoms. The summed E-state index contributed by atoms with van der Waals surface area (Å²) in [5.74, 6) is 0.811. The Balaban J connectivity index is 2.30. The van der Waals surface area contributed by atoms with Crippen molar-refractivity contribution in [1.29, 1.82) is 0 Å². The second-order valence-electron chi connectivity index (χ2n) is 1.51. The molecule has 0 aliphatic rings. The van der Waals surface area contributed by atoms with Crippen LogP contribution in [0.1, 0.15) is 0 Å². The van der Waals surface area contributed by atoms with E-state index in [0.29, 0.717) is 6.54 Å². The molecule has 1 aromatic heterocycles. The van der Waals surface area contributed by atoms with Crippen LogP contribution < -0.4 is 11.1 Å². The van der Waals surface area contributed by atoms with Crippen LogP contribution in [0.3, 0.4) is 0 Å². The van der Waals surface area contributed by atoms with Gasteiger partial charge in [-0.05, 0) is 0 Å². The number of aromatic nitrogens is 2. The predicted octanol–water partition coefficient (Wildman–Crippen LogP) is -0.0913. The smallest absolute Gasteiger partial charge is 0.160 e. The average molecular weight is 144 g/mol. The van der Waals surface area contributed by atoms with Crippen molar-refractivity contribution in [3.8, 4) is 0 Å². The fraction of sp³-hybridized carbons (Fsp3) is 0.500. The lowest BCUT2D eigenvalue weighted by atomic mass is 10.6. The molecule has 0 saturated carbocycles. The summed E-state index contributed by atoms with van der Waals surface area (Å²) in [7, 11) is 0. The van der Waals surface area contributed by atoms with E-state index in [-0.39, 0.29) is 0 Å². The van der Waals surface area contributed by atoms with Gasteiger partial charge in [0.15, 0.2) is 5.82 Å². The zero-order chi connectivity index (χ0) is 6.53. The van der Waals surface area contributed by atoms with Crippen molar-refractivity contribution in [2.75, 3.05) is 18.4 Å². The zero-order valence-electron chi connectivity index (χ0n) is 4.87. The minimum absolute atomic E-state index is 0.623. The molecule has 0 radical (unpaired) electrons. The third-order valence-electron chi connectivity index (χ3n) is 0.812. The summed E-state index contributed by atoms with van der Waals surface area (Å²) in [4.78, 5) is 0. The van der Waals surface area contributed by atoms with Crippen LogP contribution in [0.2, 0.25) is 0 Å². The van der Waals surface area contributed by atoms with Crippen molar-refractivity contribution in [2.24, 2.45) is 5.73 Å². The van der Waals surface area contributed by atoms with E-state index in [1.165, 1.54) is 11.7 Å². The summed E-state index contributed by atoms with van der Waals surface area (Å²) in [6.45, 7) is 1.38. The van der Waals surface area contributed by atoms with Crippen LogP contribution in [0.5, 0.6) is 0 Å². The Morgan fingerprint density at radius 2 is 2.67 bits per heavy atom. The summed E-state index contributed by atoms with van der Waals surface area (Å²) < 4.78 is 7.72. The number of nitrogens with one attached hydrogen (secondary N) is 1. The maximum atomic E-state index is 5.24. The first kappa shape index (κ1) is 6.44. The van der Waals surface area contributed by atoms with Crippen LogP contribution in [0.25, 0.3) is 0 Å². The van der Waals surface area contributed by atoms with E-state index in [2.05, 4.69) is 14.1 Å². The van der Waals surface area contributed by atoms with E-state index < -0.39 is 0 Å². The van der Waals surface area contributed by atoms with Gasteiger partial charge < -0.3 is 11.1 Å². The summed E-state index contributed by atoms with van der Waals surface area (Å²) in [6.07, 6.45) is 1.68. The molecule has 0 aliphatic carbocycles. The second kappa shape index (κ2) is 3.37. The molecule has 1 aromatic rings. The molecule has 1 rings (SSSR count). The minimum atomic E-state index is 0.623. The summed E-state index contributed by atoms with van der Waals surface area (Å²) in [5.41, 5.74) is 5.24. The molecule has 1 heterocycles. The van der Waals surface area contributed by atoms with Crippen molar-refractivity contribution in [2.45, 2.75) is 0 Å². The highest BCUT2D eigenvalue weighted by molar-refractivity contribution is 6.99. The molecule has 0 unspecified atom stereocenters. The Labute approximate surface area is 57.4 Å². The van der Waals surface area contributed by atoms with Crippen LogP contribution in [0.15, 0.2) is 6.20 Å². The lowest BCUT2D eigenvalue weighted by Gasteiger charge is -1.95. The molecule has 3 N–H and O–H groups in total. The molecular formula is C4H8N4S.